The molecule has 0 spiro atoms. The summed E-state index contributed by atoms with van der Waals surface area (Å²) in [5, 5.41) is 10.7. The predicted octanol–water partition coefficient (Wildman–Crippen LogP) is 7.26. The zero-order valence-corrected chi connectivity index (χ0v) is 19.5. The molecule has 0 bridgehead atoms. The summed E-state index contributed by atoms with van der Waals surface area (Å²) in [4.78, 5) is 0. The van der Waals surface area contributed by atoms with Crippen LogP contribution in [0.4, 0.5) is 0 Å². The number of hydrogen-bond donors (Lipinski definition) is 1. The van der Waals surface area contributed by atoms with E-state index in [2.05, 4.69) is 64.1 Å². The summed E-state index contributed by atoms with van der Waals surface area (Å²) in [7, 11) is 0. The van der Waals surface area contributed by atoms with Gasteiger partial charge in [-0.3, -0.25) is 0 Å². The molecule has 4 aliphatic carbocycles. The van der Waals surface area contributed by atoms with Crippen molar-refractivity contribution in [3.63, 3.8) is 0 Å². The lowest BCUT2D eigenvalue weighted by atomic mass is 9.46. The maximum atomic E-state index is 10.7. The number of rotatable bonds is 3. The van der Waals surface area contributed by atoms with E-state index in [1.807, 2.05) is 0 Å². The van der Waals surface area contributed by atoms with Crippen LogP contribution >= 0.6 is 0 Å². The van der Waals surface area contributed by atoms with Gasteiger partial charge in [0.15, 0.2) is 0 Å². The highest BCUT2D eigenvalue weighted by Gasteiger charge is 2.56. The van der Waals surface area contributed by atoms with Crippen LogP contribution in [0.1, 0.15) is 84.6 Å². The van der Waals surface area contributed by atoms with Crippen LogP contribution in [0.3, 0.4) is 0 Å². The molecule has 1 heteroatoms. The van der Waals surface area contributed by atoms with Gasteiger partial charge in [-0.2, -0.15) is 0 Å². The van der Waals surface area contributed by atoms with Crippen molar-refractivity contribution in [2.24, 2.45) is 28.1 Å². The largest absolute Gasteiger partial charge is 0.393 e. The first kappa shape index (κ1) is 20.6. The van der Waals surface area contributed by atoms with Crippen LogP contribution in [-0.4, -0.2) is 11.2 Å². The SMILES string of the molecule is CC12CCC3=C(CCC4C3(C)CCC(O)C4(C)C)C1=CCC2CCc1ccccc1. The Morgan fingerprint density at radius 1 is 0.933 bits per heavy atom. The summed E-state index contributed by atoms with van der Waals surface area (Å²) in [5.41, 5.74) is 7.45. The number of benzene rings is 1. The third-order valence-electron chi connectivity index (χ3n) is 10.2. The van der Waals surface area contributed by atoms with Gasteiger partial charge in [0, 0.05) is 0 Å². The Morgan fingerprint density at radius 3 is 2.47 bits per heavy atom. The van der Waals surface area contributed by atoms with Crippen molar-refractivity contribution < 1.29 is 5.11 Å². The first-order valence-corrected chi connectivity index (χ1v) is 12.4. The molecule has 30 heavy (non-hydrogen) atoms. The van der Waals surface area contributed by atoms with E-state index in [1.165, 1.54) is 56.9 Å². The molecule has 0 heterocycles. The van der Waals surface area contributed by atoms with Crippen LogP contribution in [-0.2, 0) is 6.42 Å². The van der Waals surface area contributed by atoms with Gasteiger partial charge in [-0.1, -0.05) is 69.7 Å². The smallest absolute Gasteiger partial charge is 0.0594 e. The molecule has 0 radical (unpaired) electrons. The molecule has 0 aromatic heterocycles. The molecule has 1 aromatic rings. The summed E-state index contributed by atoms with van der Waals surface area (Å²) in [5.74, 6) is 1.41. The number of fused-ring (bicyclic) bond motifs is 4. The van der Waals surface area contributed by atoms with E-state index in [0.29, 0.717) is 16.7 Å². The average molecular weight is 405 g/mol. The molecule has 0 amide bonds. The van der Waals surface area contributed by atoms with Gasteiger partial charge in [-0.15, -0.1) is 0 Å². The van der Waals surface area contributed by atoms with Crippen molar-refractivity contribution in [2.75, 3.05) is 0 Å². The monoisotopic (exact) mass is 404 g/mol. The van der Waals surface area contributed by atoms with Gasteiger partial charge in [0.25, 0.3) is 0 Å². The lowest BCUT2D eigenvalue weighted by molar-refractivity contribution is -0.0904. The minimum absolute atomic E-state index is 0.0363. The van der Waals surface area contributed by atoms with E-state index in [-0.39, 0.29) is 11.5 Å². The van der Waals surface area contributed by atoms with Crippen molar-refractivity contribution in [3.8, 4) is 0 Å². The molecule has 1 fully saturated rings. The molecule has 1 nitrogen and oxygen atoms in total. The van der Waals surface area contributed by atoms with E-state index in [1.54, 1.807) is 16.7 Å². The highest BCUT2D eigenvalue weighted by atomic mass is 16.3. The maximum absolute atomic E-state index is 10.7. The third-order valence-corrected chi connectivity index (χ3v) is 10.2. The Balaban J connectivity index is 1.41. The van der Waals surface area contributed by atoms with Crippen LogP contribution in [0, 0.1) is 28.1 Å². The minimum Gasteiger partial charge on any atom is -0.393 e. The van der Waals surface area contributed by atoms with Crippen LogP contribution < -0.4 is 0 Å². The molecule has 5 atom stereocenters. The zero-order valence-electron chi connectivity index (χ0n) is 19.5. The molecule has 1 aromatic carbocycles. The zero-order chi connectivity index (χ0) is 21.1. The number of hydrogen-bond acceptors (Lipinski definition) is 1. The molecule has 4 aliphatic rings. The van der Waals surface area contributed by atoms with E-state index in [9.17, 15) is 5.11 Å². The standard InChI is InChI=1S/C29H40O/c1-27(2)25-15-13-22-23-14-12-21(11-10-20-8-6-5-7-9-20)28(23,3)18-16-24(22)29(25,4)19-17-26(27)30/h5-9,14,21,25-26,30H,10-13,15-19H2,1-4H3. The molecule has 1 saturated carbocycles. The first-order chi connectivity index (χ1) is 14.3. The van der Waals surface area contributed by atoms with Gasteiger partial charge in [-0.05, 0) is 103 Å². The number of aliphatic hydroxyl groups excluding tert-OH is 1. The van der Waals surface area contributed by atoms with Gasteiger partial charge < -0.3 is 5.11 Å². The van der Waals surface area contributed by atoms with Crippen LogP contribution in [0.2, 0.25) is 0 Å². The molecular formula is C29H40O. The average Bonchev–Trinajstić information content (AvgIpc) is 3.07. The molecule has 5 unspecified atom stereocenters. The Hall–Kier alpha value is -1.34. The second-order valence-corrected chi connectivity index (χ2v) is 11.8. The fourth-order valence-electron chi connectivity index (χ4n) is 8.19. The van der Waals surface area contributed by atoms with Crippen LogP contribution in [0.15, 0.2) is 53.1 Å². The van der Waals surface area contributed by atoms with Gasteiger partial charge in [-0.25, -0.2) is 0 Å². The number of aliphatic hydroxyl groups is 1. The Bertz CT molecular complexity index is 875. The van der Waals surface area contributed by atoms with Gasteiger partial charge in [0.05, 0.1) is 6.10 Å². The Morgan fingerprint density at radius 2 is 1.70 bits per heavy atom. The predicted molar refractivity (Wildman–Crippen MR) is 125 cm³/mol. The van der Waals surface area contributed by atoms with Crippen molar-refractivity contribution in [3.05, 3.63) is 58.7 Å². The van der Waals surface area contributed by atoms with Crippen molar-refractivity contribution in [1.82, 2.24) is 0 Å². The quantitative estimate of drug-likeness (QED) is 0.562. The number of allylic oxidation sites excluding steroid dienone is 4. The summed E-state index contributed by atoms with van der Waals surface area (Å²) in [6.45, 7) is 9.78. The Kier molecular flexibility index (Phi) is 4.86. The summed E-state index contributed by atoms with van der Waals surface area (Å²) in [6.07, 6.45) is 13.5. The van der Waals surface area contributed by atoms with Gasteiger partial charge in [0.2, 0.25) is 0 Å². The van der Waals surface area contributed by atoms with Crippen LogP contribution in [0.25, 0.3) is 0 Å². The highest BCUT2D eigenvalue weighted by molar-refractivity contribution is 5.49. The normalized spacial score (nSPS) is 39.8. The van der Waals surface area contributed by atoms with E-state index in [4.69, 9.17) is 0 Å². The highest BCUT2D eigenvalue weighted by Crippen LogP contribution is 2.66. The minimum atomic E-state index is -0.139. The van der Waals surface area contributed by atoms with Gasteiger partial charge >= 0.3 is 0 Å². The van der Waals surface area contributed by atoms with Crippen molar-refractivity contribution in [1.29, 1.82) is 0 Å². The lowest BCUT2D eigenvalue weighted by Gasteiger charge is -2.59. The molecule has 0 saturated heterocycles. The second kappa shape index (κ2) is 7.09. The van der Waals surface area contributed by atoms with Crippen molar-refractivity contribution >= 4 is 0 Å². The lowest BCUT2D eigenvalue weighted by Crippen LogP contribution is -2.53. The fourth-order valence-corrected chi connectivity index (χ4v) is 8.19. The molecule has 5 rings (SSSR count). The molecular weight excluding hydrogens is 364 g/mol. The Labute approximate surface area is 183 Å². The van der Waals surface area contributed by atoms with E-state index in [0.717, 1.165) is 12.3 Å². The van der Waals surface area contributed by atoms with Crippen molar-refractivity contribution in [2.45, 2.75) is 91.6 Å². The number of aryl methyl sites for hydroxylation is 1. The fraction of sp³-hybridized carbons (Fsp3) is 0.655. The van der Waals surface area contributed by atoms with Crippen LogP contribution in [0.5, 0.6) is 0 Å². The first-order valence-electron chi connectivity index (χ1n) is 12.4. The summed E-state index contributed by atoms with van der Waals surface area (Å²) >= 11 is 0. The molecule has 0 aliphatic heterocycles. The molecule has 1 N–H and O–H groups in total. The molecule has 162 valence electrons. The third kappa shape index (κ3) is 2.91. The summed E-state index contributed by atoms with van der Waals surface area (Å²) in [6, 6.07) is 11.0. The maximum Gasteiger partial charge on any atom is 0.0594 e. The van der Waals surface area contributed by atoms with E-state index < -0.39 is 0 Å². The van der Waals surface area contributed by atoms with E-state index >= 15 is 0 Å². The second-order valence-electron chi connectivity index (χ2n) is 11.8. The van der Waals surface area contributed by atoms with Gasteiger partial charge in [0.1, 0.15) is 0 Å². The topological polar surface area (TPSA) is 20.2 Å². The summed E-state index contributed by atoms with van der Waals surface area (Å²) < 4.78 is 0.